The Balaban J connectivity index is 1.36. The summed E-state index contributed by atoms with van der Waals surface area (Å²) in [4.78, 5) is 2.50. The lowest BCUT2D eigenvalue weighted by atomic mass is 9.92. The molecule has 0 aliphatic carbocycles. The molecule has 0 saturated carbocycles. The number of fused-ring (bicyclic) bond motifs is 1. The van der Waals surface area contributed by atoms with E-state index < -0.39 is 0 Å². The predicted molar refractivity (Wildman–Crippen MR) is 78.4 cm³/mol. The topological polar surface area (TPSA) is 30.9 Å². The molecule has 4 nitrogen and oxygen atoms in total. The molecule has 1 unspecified atom stereocenters. The van der Waals surface area contributed by atoms with Crippen molar-refractivity contribution in [1.29, 1.82) is 0 Å². The molecule has 1 atom stereocenters. The fourth-order valence-corrected chi connectivity index (χ4v) is 5.00. The maximum Gasteiger partial charge on any atom is 0.231 e. The molecule has 0 N–H and O–H groups in total. The molecule has 5 heteroatoms. The lowest BCUT2D eigenvalue weighted by molar-refractivity contribution is 0.0631. The van der Waals surface area contributed by atoms with Crippen molar-refractivity contribution in [3.05, 3.63) is 23.8 Å². The average Bonchev–Trinajstić information content (AvgIpc) is 3.03. The Morgan fingerprint density at radius 3 is 3.00 bits per heavy atom. The number of nitrogens with zero attached hydrogens (tertiary/aromatic N) is 1. The number of hydrogen-bond acceptors (Lipinski definition) is 5. The Morgan fingerprint density at radius 2 is 2.20 bits per heavy atom. The molecular weight excluding hydrogens is 274 g/mol. The van der Waals surface area contributed by atoms with Crippen molar-refractivity contribution in [1.82, 2.24) is 4.90 Å². The van der Waals surface area contributed by atoms with Crippen molar-refractivity contribution in [2.45, 2.75) is 23.8 Å². The van der Waals surface area contributed by atoms with E-state index in [1.54, 1.807) is 0 Å². The van der Waals surface area contributed by atoms with Gasteiger partial charge in [-0.15, -0.1) is 11.8 Å². The zero-order chi connectivity index (χ0) is 13.6. The SMILES string of the molecule is COC1CSC2(C1)CN(Cc1ccc3c(c1)OCO3)C2. The van der Waals surface area contributed by atoms with E-state index in [9.17, 15) is 0 Å². The highest BCUT2D eigenvalue weighted by atomic mass is 32.2. The standard InChI is InChI=1S/C15H19NO3S/c1-17-12-5-15(20-7-12)8-16(9-15)6-11-2-3-13-14(4-11)19-10-18-13/h2-4,12H,5-10H2,1H3. The van der Waals surface area contributed by atoms with Gasteiger partial charge in [0.05, 0.1) is 6.10 Å². The van der Waals surface area contributed by atoms with Gasteiger partial charge in [-0.1, -0.05) is 6.07 Å². The van der Waals surface area contributed by atoms with E-state index in [1.807, 2.05) is 13.2 Å². The first kappa shape index (κ1) is 12.8. The van der Waals surface area contributed by atoms with Crippen LogP contribution >= 0.6 is 11.8 Å². The molecule has 4 rings (SSSR count). The molecule has 3 aliphatic rings. The summed E-state index contributed by atoms with van der Waals surface area (Å²) in [6.07, 6.45) is 1.65. The molecule has 2 fully saturated rings. The first-order chi connectivity index (χ1) is 9.76. The molecule has 1 aromatic carbocycles. The average molecular weight is 293 g/mol. The van der Waals surface area contributed by atoms with Crippen LogP contribution < -0.4 is 9.47 Å². The van der Waals surface area contributed by atoms with Crippen LogP contribution in [0.1, 0.15) is 12.0 Å². The third-order valence-corrected chi connectivity index (χ3v) is 5.95. The Kier molecular flexibility index (Phi) is 3.09. The quantitative estimate of drug-likeness (QED) is 0.852. The largest absolute Gasteiger partial charge is 0.454 e. The zero-order valence-corrected chi connectivity index (χ0v) is 12.4. The lowest BCUT2D eigenvalue weighted by Gasteiger charge is -2.47. The summed E-state index contributed by atoms with van der Waals surface area (Å²) >= 11 is 2.09. The molecule has 1 spiro atoms. The van der Waals surface area contributed by atoms with Gasteiger partial charge < -0.3 is 14.2 Å². The van der Waals surface area contributed by atoms with Crippen molar-refractivity contribution in [3.8, 4) is 11.5 Å². The lowest BCUT2D eigenvalue weighted by Crippen LogP contribution is -2.58. The molecule has 0 aromatic heterocycles. The maximum absolute atomic E-state index is 5.48. The number of rotatable bonds is 3. The summed E-state index contributed by atoms with van der Waals surface area (Å²) in [6.45, 7) is 3.69. The molecule has 3 heterocycles. The van der Waals surface area contributed by atoms with Gasteiger partial charge in [-0.3, -0.25) is 4.90 Å². The number of thioether (sulfide) groups is 1. The van der Waals surface area contributed by atoms with Crippen molar-refractivity contribution >= 4 is 11.8 Å². The van der Waals surface area contributed by atoms with Crippen LogP contribution in [0, 0.1) is 0 Å². The van der Waals surface area contributed by atoms with Crippen molar-refractivity contribution < 1.29 is 14.2 Å². The molecule has 2 saturated heterocycles. The van der Waals surface area contributed by atoms with E-state index in [0.29, 0.717) is 17.6 Å². The fraction of sp³-hybridized carbons (Fsp3) is 0.600. The minimum absolute atomic E-state index is 0.348. The highest BCUT2D eigenvalue weighted by Gasteiger charge is 2.48. The van der Waals surface area contributed by atoms with Gasteiger partial charge in [0.2, 0.25) is 6.79 Å². The highest BCUT2D eigenvalue weighted by Crippen LogP contribution is 2.46. The molecule has 108 valence electrons. The van der Waals surface area contributed by atoms with Gasteiger partial charge in [-0.2, -0.15) is 0 Å². The van der Waals surface area contributed by atoms with Crippen LogP contribution in [0.25, 0.3) is 0 Å². The Labute approximate surface area is 123 Å². The first-order valence-electron chi connectivity index (χ1n) is 7.04. The van der Waals surface area contributed by atoms with Crippen molar-refractivity contribution in [3.63, 3.8) is 0 Å². The van der Waals surface area contributed by atoms with Crippen LogP contribution in [-0.4, -0.2) is 48.5 Å². The van der Waals surface area contributed by atoms with Crippen LogP contribution in [0.3, 0.4) is 0 Å². The molecule has 0 bridgehead atoms. The molecule has 0 amide bonds. The molecule has 0 radical (unpaired) electrons. The van der Waals surface area contributed by atoms with Gasteiger partial charge in [-0.05, 0) is 24.1 Å². The normalized spacial score (nSPS) is 26.9. The second-order valence-corrected chi connectivity index (χ2v) is 7.38. The Hall–Kier alpha value is -0.910. The van der Waals surface area contributed by atoms with E-state index in [1.165, 1.54) is 25.1 Å². The van der Waals surface area contributed by atoms with E-state index >= 15 is 0 Å². The second kappa shape index (κ2) is 4.83. The van der Waals surface area contributed by atoms with Crippen LogP contribution in [0.2, 0.25) is 0 Å². The van der Waals surface area contributed by atoms with E-state index in [-0.39, 0.29) is 0 Å². The minimum Gasteiger partial charge on any atom is -0.454 e. The van der Waals surface area contributed by atoms with Gasteiger partial charge >= 0.3 is 0 Å². The minimum atomic E-state index is 0.348. The van der Waals surface area contributed by atoms with Crippen LogP contribution in [0.4, 0.5) is 0 Å². The van der Waals surface area contributed by atoms with E-state index in [4.69, 9.17) is 14.2 Å². The maximum atomic E-state index is 5.48. The fourth-order valence-electron chi connectivity index (χ4n) is 3.35. The van der Waals surface area contributed by atoms with Crippen LogP contribution in [0.5, 0.6) is 11.5 Å². The summed E-state index contributed by atoms with van der Waals surface area (Å²) in [6, 6.07) is 6.25. The van der Waals surface area contributed by atoms with Gasteiger partial charge in [0, 0.05) is 37.2 Å². The van der Waals surface area contributed by atoms with Crippen molar-refractivity contribution in [2.24, 2.45) is 0 Å². The second-order valence-electron chi connectivity index (χ2n) is 5.89. The third-order valence-electron chi connectivity index (χ3n) is 4.38. The summed E-state index contributed by atoms with van der Waals surface area (Å²) < 4.78 is 16.7. The summed E-state index contributed by atoms with van der Waals surface area (Å²) in [7, 11) is 1.83. The van der Waals surface area contributed by atoms with Gasteiger partial charge in [0.25, 0.3) is 0 Å². The molecule has 3 aliphatic heterocycles. The van der Waals surface area contributed by atoms with Crippen molar-refractivity contribution in [2.75, 3.05) is 32.7 Å². The first-order valence-corrected chi connectivity index (χ1v) is 8.03. The number of likely N-dealkylation sites (tertiary alicyclic amines) is 1. The summed E-state index contributed by atoms with van der Waals surface area (Å²) in [5.74, 6) is 2.89. The van der Waals surface area contributed by atoms with Gasteiger partial charge in [0.15, 0.2) is 11.5 Å². The Bertz CT molecular complexity index is 516. The molecule has 1 aromatic rings. The third kappa shape index (κ3) is 2.18. The van der Waals surface area contributed by atoms with E-state index in [2.05, 4.69) is 28.8 Å². The predicted octanol–water partition coefficient (Wildman–Crippen LogP) is 2.12. The van der Waals surface area contributed by atoms with Gasteiger partial charge in [0.1, 0.15) is 0 Å². The highest BCUT2D eigenvalue weighted by molar-refractivity contribution is 8.01. The summed E-state index contributed by atoms with van der Waals surface area (Å²) in [5, 5.41) is 0. The smallest absolute Gasteiger partial charge is 0.231 e. The van der Waals surface area contributed by atoms with Crippen LogP contribution in [-0.2, 0) is 11.3 Å². The number of benzene rings is 1. The number of ether oxygens (including phenoxy) is 3. The van der Waals surface area contributed by atoms with Crippen LogP contribution in [0.15, 0.2) is 18.2 Å². The summed E-state index contributed by atoms with van der Waals surface area (Å²) in [5.41, 5.74) is 1.30. The van der Waals surface area contributed by atoms with E-state index in [0.717, 1.165) is 23.8 Å². The Morgan fingerprint density at radius 1 is 1.35 bits per heavy atom. The number of methoxy groups -OCH3 is 1. The van der Waals surface area contributed by atoms with Gasteiger partial charge in [-0.25, -0.2) is 0 Å². The molecular formula is C15H19NO3S. The zero-order valence-electron chi connectivity index (χ0n) is 11.6. The number of hydrogen-bond donors (Lipinski definition) is 0. The molecule has 20 heavy (non-hydrogen) atoms. The monoisotopic (exact) mass is 293 g/mol.